The third-order valence-corrected chi connectivity index (χ3v) is 3.33. The van der Waals surface area contributed by atoms with Crippen molar-refractivity contribution in [1.29, 1.82) is 0 Å². The van der Waals surface area contributed by atoms with Gasteiger partial charge in [-0.3, -0.25) is 4.79 Å². The van der Waals surface area contributed by atoms with Crippen LogP contribution in [-0.2, 0) is 17.4 Å². The van der Waals surface area contributed by atoms with E-state index in [0.29, 0.717) is 19.4 Å². The molecule has 2 atom stereocenters. The molecule has 1 aromatic carbocycles. The molecule has 2 N–H and O–H groups in total. The summed E-state index contributed by atoms with van der Waals surface area (Å²) in [4.78, 5) is 10.8. The van der Waals surface area contributed by atoms with Crippen LogP contribution in [0.15, 0.2) is 24.3 Å². The maximum absolute atomic E-state index is 12.4. The summed E-state index contributed by atoms with van der Waals surface area (Å²) in [6.45, 7) is 0.581. The zero-order valence-corrected chi connectivity index (χ0v) is 10.1. The molecule has 1 saturated heterocycles. The van der Waals surface area contributed by atoms with Gasteiger partial charge in [0.2, 0.25) is 0 Å². The number of rotatable bonds is 3. The molecule has 1 aliphatic rings. The fraction of sp³-hybridized carbons (Fsp3) is 0.462. The minimum Gasteiger partial charge on any atom is -0.480 e. The maximum Gasteiger partial charge on any atom is 0.416 e. The highest BCUT2D eigenvalue weighted by Gasteiger charge is 2.31. The van der Waals surface area contributed by atoms with E-state index in [1.54, 1.807) is 0 Å². The van der Waals surface area contributed by atoms with Gasteiger partial charge in [-0.05, 0) is 43.0 Å². The van der Waals surface area contributed by atoms with Gasteiger partial charge in [0, 0.05) is 0 Å². The SMILES string of the molecule is O=C(O)C1CC(Cc2ccc(C(F)(F)F)cc2)CN1. The van der Waals surface area contributed by atoms with Gasteiger partial charge in [-0.15, -0.1) is 0 Å². The predicted molar refractivity (Wildman–Crippen MR) is 62.7 cm³/mol. The number of carboxylic acid groups (broad SMARTS) is 1. The predicted octanol–water partition coefficient (Wildman–Crippen LogP) is 2.31. The molecule has 1 aliphatic heterocycles. The van der Waals surface area contributed by atoms with Crippen molar-refractivity contribution >= 4 is 5.97 Å². The number of carbonyl (C=O) groups is 1. The lowest BCUT2D eigenvalue weighted by molar-refractivity contribution is -0.139. The second-order valence-electron chi connectivity index (χ2n) is 4.80. The number of aliphatic carboxylic acids is 1. The Morgan fingerprint density at radius 1 is 1.32 bits per heavy atom. The highest BCUT2D eigenvalue weighted by atomic mass is 19.4. The molecule has 19 heavy (non-hydrogen) atoms. The van der Waals surface area contributed by atoms with Crippen LogP contribution >= 0.6 is 0 Å². The van der Waals surface area contributed by atoms with E-state index in [9.17, 15) is 18.0 Å². The van der Waals surface area contributed by atoms with Crippen molar-refractivity contribution < 1.29 is 23.1 Å². The highest BCUT2D eigenvalue weighted by Crippen LogP contribution is 2.29. The van der Waals surface area contributed by atoms with Crippen molar-refractivity contribution in [2.24, 2.45) is 5.92 Å². The number of carboxylic acids is 1. The van der Waals surface area contributed by atoms with Crippen molar-refractivity contribution in [1.82, 2.24) is 5.32 Å². The van der Waals surface area contributed by atoms with Crippen LogP contribution in [0.2, 0.25) is 0 Å². The van der Waals surface area contributed by atoms with Crippen LogP contribution in [-0.4, -0.2) is 23.7 Å². The molecular weight excluding hydrogens is 259 g/mol. The standard InChI is InChI=1S/C13H14F3NO2/c14-13(15,16)10-3-1-8(2-4-10)5-9-6-11(12(18)19)17-7-9/h1-4,9,11,17H,5-7H2,(H,18,19). The van der Waals surface area contributed by atoms with Crippen LogP contribution in [0.5, 0.6) is 0 Å². The van der Waals surface area contributed by atoms with E-state index in [0.717, 1.165) is 17.7 Å². The van der Waals surface area contributed by atoms with Crippen LogP contribution in [0.4, 0.5) is 13.2 Å². The lowest BCUT2D eigenvalue weighted by Crippen LogP contribution is -2.29. The van der Waals surface area contributed by atoms with Gasteiger partial charge in [0.05, 0.1) is 5.56 Å². The van der Waals surface area contributed by atoms with Crippen molar-refractivity contribution in [3.8, 4) is 0 Å². The molecule has 0 radical (unpaired) electrons. The monoisotopic (exact) mass is 273 g/mol. The Labute approximate surface area is 108 Å². The quantitative estimate of drug-likeness (QED) is 0.888. The molecule has 0 saturated carbocycles. The van der Waals surface area contributed by atoms with Crippen LogP contribution in [0.25, 0.3) is 0 Å². The number of hydrogen-bond donors (Lipinski definition) is 2. The summed E-state index contributed by atoms with van der Waals surface area (Å²) in [6.07, 6.45) is -3.22. The molecular formula is C13H14F3NO2. The first-order valence-electron chi connectivity index (χ1n) is 5.98. The van der Waals surface area contributed by atoms with Crippen molar-refractivity contribution in [2.45, 2.75) is 25.1 Å². The molecule has 6 heteroatoms. The molecule has 0 aromatic heterocycles. The summed E-state index contributed by atoms with van der Waals surface area (Å²) in [7, 11) is 0. The van der Waals surface area contributed by atoms with Gasteiger partial charge in [-0.2, -0.15) is 13.2 Å². The molecule has 2 rings (SSSR count). The van der Waals surface area contributed by atoms with E-state index in [1.807, 2.05) is 0 Å². The number of halogens is 3. The topological polar surface area (TPSA) is 49.3 Å². The lowest BCUT2D eigenvalue weighted by atomic mass is 9.96. The van der Waals surface area contributed by atoms with Crippen LogP contribution < -0.4 is 5.32 Å². The second kappa shape index (κ2) is 5.21. The van der Waals surface area contributed by atoms with Gasteiger partial charge in [0.1, 0.15) is 6.04 Å². The minimum absolute atomic E-state index is 0.151. The molecule has 3 nitrogen and oxygen atoms in total. The molecule has 0 spiro atoms. The van der Waals surface area contributed by atoms with Crippen molar-refractivity contribution in [3.63, 3.8) is 0 Å². The Morgan fingerprint density at radius 2 is 1.95 bits per heavy atom. The van der Waals surface area contributed by atoms with Gasteiger partial charge in [-0.25, -0.2) is 0 Å². The molecule has 104 valence electrons. The normalized spacial score (nSPS) is 23.5. The molecule has 0 bridgehead atoms. The molecule has 1 fully saturated rings. The average molecular weight is 273 g/mol. The minimum atomic E-state index is -4.32. The maximum atomic E-state index is 12.4. The largest absolute Gasteiger partial charge is 0.480 e. The van der Waals surface area contributed by atoms with Crippen LogP contribution in [0.3, 0.4) is 0 Å². The first kappa shape index (κ1) is 13.9. The molecule has 1 aromatic rings. The van der Waals surface area contributed by atoms with Gasteiger partial charge >= 0.3 is 12.1 Å². The van der Waals surface area contributed by atoms with E-state index >= 15 is 0 Å². The van der Waals surface area contributed by atoms with E-state index < -0.39 is 23.8 Å². The smallest absolute Gasteiger partial charge is 0.416 e. The third-order valence-electron chi connectivity index (χ3n) is 3.33. The first-order valence-corrected chi connectivity index (χ1v) is 5.98. The summed E-state index contributed by atoms with van der Waals surface area (Å²) in [5, 5.41) is 11.7. The highest BCUT2D eigenvalue weighted by molar-refractivity contribution is 5.73. The average Bonchev–Trinajstić information content (AvgIpc) is 2.77. The fourth-order valence-corrected chi connectivity index (χ4v) is 2.32. The Hall–Kier alpha value is -1.56. The third kappa shape index (κ3) is 3.47. The summed E-state index contributed by atoms with van der Waals surface area (Å²) < 4.78 is 37.2. The van der Waals surface area contributed by atoms with E-state index in [4.69, 9.17) is 5.11 Å². The fourth-order valence-electron chi connectivity index (χ4n) is 2.32. The van der Waals surface area contributed by atoms with E-state index in [1.165, 1.54) is 12.1 Å². The van der Waals surface area contributed by atoms with Crippen molar-refractivity contribution in [2.75, 3.05) is 6.54 Å². The zero-order chi connectivity index (χ0) is 14.0. The lowest BCUT2D eigenvalue weighted by Gasteiger charge is -2.10. The Kier molecular flexibility index (Phi) is 3.80. The van der Waals surface area contributed by atoms with Crippen molar-refractivity contribution in [3.05, 3.63) is 35.4 Å². The summed E-state index contributed by atoms with van der Waals surface area (Å²) in [5.74, 6) is -0.729. The Bertz CT molecular complexity index is 456. The van der Waals surface area contributed by atoms with Crippen LogP contribution in [0, 0.1) is 5.92 Å². The zero-order valence-electron chi connectivity index (χ0n) is 10.1. The number of alkyl halides is 3. The summed E-state index contributed by atoms with van der Waals surface area (Å²) >= 11 is 0. The first-order chi connectivity index (χ1) is 8.86. The van der Waals surface area contributed by atoms with E-state index in [-0.39, 0.29) is 5.92 Å². The number of hydrogen-bond acceptors (Lipinski definition) is 2. The van der Waals surface area contributed by atoms with E-state index in [2.05, 4.69) is 5.32 Å². The molecule has 1 heterocycles. The van der Waals surface area contributed by atoms with Gasteiger partial charge in [0.15, 0.2) is 0 Å². The van der Waals surface area contributed by atoms with Gasteiger partial charge in [-0.1, -0.05) is 12.1 Å². The number of nitrogens with one attached hydrogen (secondary N) is 1. The molecule has 0 amide bonds. The summed E-state index contributed by atoms with van der Waals surface area (Å²) in [6, 6.07) is 4.49. The van der Waals surface area contributed by atoms with Gasteiger partial charge < -0.3 is 10.4 Å². The van der Waals surface area contributed by atoms with Gasteiger partial charge in [0.25, 0.3) is 0 Å². The Balaban J connectivity index is 1.96. The van der Waals surface area contributed by atoms with Crippen LogP contribution in [0.1, 0.15) is 17.5 Å². The summed E-state index contributed by atoms with van der Waals surface area (Å²) in [5.41, 5.74) is 0.134. The molecule has 0 aliphatic carbocycles. The number of benzene rings is 1. The molecule has 2 unspecified atom stereocenters. The Morgan fingerprint density at radius 3 is 2.42 bits per heavy atom. The second-order valence-corrected chi connectivity index (χ2v) is 4.80.